The Balaban J connectivity index is 1.69. The van der Waals surface area contributed by atoms with Crippen LogP contribution in [0.5, 0.6) is 5.75 Å². The van der Waals surface area contributed by atoms with E-state index in [1.807, 2.05) is 0 Å². The fourth-order valence-electron chi connectivity index (χ4n) is 2.43. The minimum absolute atomic E-state index is 0.811. The van der Waals surface area contributed by atoms with E-state index in [4.69, 9.17) is 10.5 Å². The summed E-state index contributed by atoms with van der Waals surface area (Å²) in [5.74, 6) is 1.05. The summed E-state index contributed by atoms with van der Waals surface area (Å²) >= 11 is 0. The van der Waals surface area contributed by atoms with Gasteiger partial charge in [-0.3, -0.25) is 0 Å². The van der Waals surface area contributed by atoms with Gasteiger partial charge < -0.3 is 10.5 Å². The summed E-state index contributed by atoms with van der Waals surface area (Å²) < 4.78 is 5.78. The van der Waals surface area contributed by atoms with E-state index in [9.17, 15) is 0 Å². The summed E-state index contributed by atoms with van der Waals surface area (Å²) in [5, 5.41) is 0. The number of ether oxygens (including phenoxy) is 1. The van der Waals surface area contributed by atoms with Gasteiger partial charge in [0.1, 0.15) is 5.75 Å². The molecule has 0 heterocycles. The molecule has 0 atom stereocenters. The van der Waals surface area contributed by atoms with Gasteiger partial charge in [-0.25, -0.2) is 0 Å². The fraction of sp³-hybridized carbons (Fsp3) is 0.600. The second-order valence-electron chi connectivity index (χ2n) is 4.84. The van der Waals surface area contributed by atoms with Crippen molar-refractivity contribution in [3.8, 4) is 5.75 Å². The number of nitrogens with two attached hydrogens (primary N) is 1. The van der Waals surface area contributed by atoms with Crippen molar-refractivity contribution < 1.29 is 4.74 Å². The van der Waals surface area contributed by atoms with Gasteiger partial charge in [-0.05, 0) is 61.9 Å². The van der Waals surface area contributed by atoms with Crippen LogP contribution in [-0.4, -0.2) is 13.2 Å². The second-order valence-corrected chi connectivity index (χ2v) is 4.84. The summed E-state index contributed by atoms with van der Waals surface area (Å²) in [6.07, 6.45) is 8.50. The molecular formula is C15H23NO. The van der Waals surface area contributed by atoms with Crippen molar-refractivity contribution in [2.75, 3.05) is 13.2 Å². The van der Waals surface area contributed by atoms with Crippen LogP contribution in [0.25, 0.3) is 0 Å². The van der Waals surface area contributed by atoms with Crippen molar-refractivity contribution in [3.05, 3.63) is 29.3 Å². The standard InChI is InChI=1S/C15H23NO/c16-10-3-1-2-4-11-17-15-9-8-13-6-5-7-14(13)12-15/h8-9,12H,1-7,10-11,16H2. The molecule has 2 rings (SSSR count). The molecule has 17 heavy (non-hydrogen) atoms. The van der Waals surface area contributed by atoms with Gasteiger partial charge in [-0.1, -0.05) is 18.9 Å². The predicted octanol–water partition coefficient (Wildman–Crippen LogP) is 3.07. The normalized spacial score (nSPS) is 13.7. The molecule has 0 aliphatic heterocycles. The molecule has 2 heteroatoms. The Morgan fingerprint density at radius 3 is 2.71 bits per heavy atom. The number of hydrogen-bond acceptors (Lipinski definition) is 2. The molecule has 0 amide bonds. The van der Waals surface area contributed by atoms with Gasteiger partial charge in [0.2, 0.25) is 0 Å². The summed E-state index contributed by atoms with van der Waals surface area (Å²) in [5.41, 5.74) is 8.46. The van der Waals surface area contributed by atoms with Crippen molar-refractivity contribution >= 4 is 0 Å². The van der Waals surface area contributed by atoms with Crippen molar-refractivity contribution in [2.45, 2.75) is 44.9 Å². The number of hydrogen-bond donors (Lipinski definition) is 1. The highest BCUT2D eigenvalue weighted by molar-refractivity contribution is 5.38. The minimum Gasteiger partial charge on any atom is -0.494 e. The number of fused-ring (bicyclic) bond motifs is 1. The highest BCUT2D eigenvalue weighted by atomic mass is 16.5. The lowest BCUT2D eigenvalue weighted by atomic mass is 10.1. The summed E-state index contributed by atoms with van der Waals surface area (Å²) in [4.78, 5) is 0. The quantitative estimate of drug-likeness (QED) is 0.735. The first-order chi connectivity index (χ1) is 8.40. The maximum absolute atomic E-state index is 5.78. The van der Waals surface area contributed by atoms with Crippen LogP contribution in [-0.2, 0) is 12.8 Å². The van der Waals surface area contributed by atoms with Crippen molar-refractivity contribution in [3.63, 3.8) is 0 Å². The number of unbranched alkanes of at least 4 members (excludes halogenated alkanes) is 3. The zero-order valence-electron chi connectivity index (χ0n) is 10.6. The molecule has 0 unspecified atom stereocenters. The molecule has 0 bridgehead atoms. The van der Waals surface area contributed by atoms with Crippen molar-refractivity contribution in [2.24, 2.45) is 5.73 Å². The summed E-state index contributed by atoms with van der Waals surface area (Å²) in [7, 11) is 0. The highest BCUT2D eigenvalue weighted by Crippen LogP contribution is 2.26. The molecule has 0 saturated carbocycles. The van der Waals surface area contributed by atoms with Gasteiger partial charge in [-0.15, -0.1) is 0 Å². The van der Waals surface area contributed by atoms with Crippen LogP contribution in [0, 0.1) is 0 Å². The largest absolute Gasteiger partial charge is 0.494 e. The van der Waals surface area contributed by atoms with E-state index in [2.05, 4.69) is 18.2 Å². The Kier molecular flexibility index (Phi) is 4.87. The zero-order valence-corrected chi connectivity index (χ0v) is 10.6. The monoisotopic (exact) mass is 233 g/mol. The SMILES string of the molecule is NCCCCCCOc1ccc2c(c1)CCC2. The van der Waals surface area contributed by atoms with Gasteiger partial charge in [0.15, 0.2) is 0 Å². The molecule has 0 radical (unpaired) electrons. The van der Waals surface area contributed by atoms with Gasteiger partial charge in [0, 0.05) is 0 Å². The number of aryl methyl sites for hydroxylation is 2. The molecule has 2 N–H and O–H groups in total. The lowest BCUT2D eigenvalue weighted by molar-refractivity contribution is 0.304. The summed E-state index contributed by atoms with van der Waals surface area (Å²) in [6, 6.07) is 6.57. The molecule has 0 aromatic heterocycles. The predicted molar refractivity (Wildman–Crippen MR) is 71.5 cm³/mol. The lowest BCUT2D eigenvalue weighted by Crippen LogP contribution is -2.00. The molecular weight excluding hydrogens is 210 g/mol. The van der Waals surface area contributed by atoms with E-state index in [1.54, 1.807) is 0 Å². The van der Waals surface area contributed by atoms with Crippen molar-refractivity contribution in [1.29, 1.82) is 0 Å². The Labute approximate surface area is 104 Å². The first kappa shape index (κ1) is 12.4. The Hall–Kier alpha value is -1.02. The van der Waals surface area contributed by atoms with Crippen LogP contribution in [0.3, 0.4) is 0 Å². The van der Waals surface area contributed by atoms with Crippen LogP contribution in [0.1, 0.15) is 43.2 Å². The average Bonchev–Trinajstić information content (AvgIpc) is 2.81. The molecule has 2 nitrogen and oxygen atoms in total. The molecule has 94 valence electrons. The van der Waals surface area contributed by atoms with Crippen LogP contribution in [0.15, 0.2) is 18.2 Å². The summed E-state index contributed by atoms with van der Waals surface area (Å²) in [6.45, 7) is 1.65. The first-order valence-corrected chi connectivity index (χ1v) is 6.85. The Morgan fingerprint density at radius 1 is 1.00 bits per heavy atom. The van der Waals surface area contributed by atoms with E-state index in [0.29, 0.717) is 0 Å². The minimum atomic E-state index is 0.811. The fourth-order valence-corrected chi connectivity index (χ4v) is 2.43. The third-order valence-electron chi connectivity index (χ3n) is 3.44. The van der Waals surface area contributed by atoms with E-state index in [0.717, 1.165) is 31.7 Å². The topological polar surface area (TPSA) is 35.2 Å². The Bertz CT molecular complexity index is 349. The smallest absolute Gasteiger partial charge is 0.119 e. The molecule has 1 aromatic rings. The number of rotatable bonds is 7. The van der Waals surface area contributed by atoms with E-state index >= 15 is 0 Å². The van der Waals surface area contributed by atoms with Crippen LogP contribution >= 0.6 is 0 Å². The molecule has 1 aromatic carbocycles. The van der Waals surface area contributed by atoms with Gasteiger partial charge in [-0.2, -0.15) is 0 Å². The third-order valence-corrected chi connectivity index (χ3v) is 3.44. The first-order valence-electron chi connectivity index (χ1n) is 6.85. The second kappa shape index (κ2) is 6.65. The third kappa shape index (κ3) is 3.74. The lowest BCUT2D eigenvalue weighted by Gasteiger charge is -2.08. The maximum atomic E-state index is 5.78. The van der Waals surface area contributed by atoms with Gasteiger partial charge in [0.05, 0.1) is 6.61 Å². The highest BCUT2D eigenvalue weighted by Gasteiger charge is 2.10. The molecule has 0 fully saturated rings. The van der Waals surface area contributed by atoms with Crippen LogP contribution in [0.4, 0.5) is 0 Å². The molecule has 1 aliphatic carbocycles. The van der Waals surface area contributed by atoms with Crippen LogP contribution < -0.4 is 10.5 Å². The maximum Gasteiger partial charge on any atom is 0.119 e. The van der Waals surface area contributed by atoms with Gasteiger partial charge >= 0.3 is 0 Å². The molecule has 0 saturated heterocycles. The number of benzene rings is 1. The van der Waals surface area contributed by atoms with Crippen molar-refractivity contribution in [1.82, 2.24) is 0 Å². The molecule has 0 spiro atoms. The van der Waals surface area contributed by atoms with E-state index in [1.165, 1.54) is 43.2 Å². The molecule has 1 aliphatic rings. The van der Waals surface area contributed by atoms with Crippen LogP contribution in [0.2, 0.25) is 0 Å². The zero-order chi connectivity index (χ0) is 11.9. The average molecular weight is 233 g/mol. The Morgan fingerprint density at radius 2 is 1.82 bits per heavy atom. The van der Waals surface area contributed by atoms with Gasteiger partial charge in [0.25, 0.3) is 0 Å². The van der Waals surface area contributed by atoms with E-state index in [-0.39, 0.29) is 0 Å². The van der Waals surface area contributed by atoms with E-state index < -0.39 is 0 Å².